The normalized spacial score (nSPS) is 10.8. The summed E-state index contributed by atoms with van der Waals surface area (Å²) in [5.74, 6) is -0.0819. The molecule has 0 saturated heterocycles. The fourth-order valence-electron chi connectivity index (χ4n) is 1.88. The SMILES string of the molecule is CN(C)Cc1ccccc1NC(=O)Cc1csc(N)n1. The van der Waals surface area contributed by atoms with Gasteiger partial charge in [0.05, 0.1) is 12.1 Å². The van der Waals surface area contributed by atoms with Crippen LogP contribution in [0.3, 0.4) is 0 Å². The van der Waals surface area contributed by atoms with Gasteiger partial charge < -0.3 is 16.0 Å². The largest absolute Gasteiger partial charge is 0.375 e. The van der Waals surface area contributed by atoms with Crippen LogP contribution in [-0.4, -0.2) is 29.9 Å². The monoisotopic (exact) mass is 290 g/mol. The molecule has 106 valence electrons. The summed E-state index contributed by atoms with van der Waals surface area (Å²) < 4.78 is 0. The molecule has 0 radical (unpaired) electrons. The van der Waals surface area contributed by atoms with Gasteiger partial charge >= 0.3 is 0 Å². The summed E-state index contributed by atoms with van der Waals surface area (Å²) in [6.45, 7) is 0.778. The van der Waals surface area contributed by atoms with Crippen LogP contribution in [0.4, 0.5) is 10.8 Å². The molecule has 1 heterocycles. The molecule has 0 bridgehead atoms. The van der Waals surface area contributed by atoms with E-state index in [1.807, 2.05) is 38.4 Å². The molecule has 1 aromatic carbocycles. The third-order valence-corrected chi connectivity index (χ3v) is 3.41. The van der Waals surface area contributed by atoms with Gasteiger partial charge in [0.2, 0.25) is 5.91 Å². The van der Waals surface area contributed by atoms with Crippen molar-refractivity contribution in [1.29, 1.82) is 0 Å². The molecule has 0 aliphatic carbocycles. The van der Waals surface area contributed by atoms with E-state index in [0.717, 1.165) is 17.8 Å². The number of anilines is 2. The minimum Gasteiger partial charge on any atom is -0.375 e. The summed E-state index contributed by atoms with van der Waals surface area (Å²) in [4.78, 5) is 18.2. The maximum absolute atomic E-state index is 12.0. The number of carbonyl (C=O) groups is 1. The van der Waals surface area contributed by atoms with Crippen LogP contribution < -0.4 is 11.1 Å². The van der Waals surface area contributed by atoms with Crippen LogP contribution >= 0.6 is 11.3 Å². The highest BCUT2D eigenvalue weighted by Gasteiger charge is 2.09. The van der Waals surface area contributed by atoms with Crippen molar-refractivity contribution in [3.63, 3.8) is 0 Å². The number of hydrogen-bond acceptors (Lipinski definition) is 5. The van der Waals surface area contributed by atoms with Gasteiger partial charge in [0, 0.05) is 17.6 Å². The number of nitrogens with one attached hydrogen (secondary N) is 1. The third kappa shape index (κ3) is 4.04. The second-order valence-electron chi connectivity index (χ2n) is 4.80. The minimum absolute atomic E-state index is 0.0819. The van der Waals surface area contributed by atoms with E-state index in [0.29, 0.717) is 10.8 Å². The molecule has 2 rings (SSSR count). The number of nitrogens with zero attached hydrogens (tertiary/aromatic N) is 2. The number of nitrogens with two attached hydrogens (primary N) is 1. The molecule has 5 nitrogen and oxygen atoms in total. The van der Waals surface area contributed by atoms with Crippen LogP contribution in [0.2, 0.25) is 0 Å². The Bertz CT molecular complexity index is 594. The van der Waals surface area contributed by atoms with Gasteiger partial charge in [0.15, 0.2) is 5.13 Å². The first kappa shape index (κ1) is 14.5. The van der Waals surface area contributed by atoms with E-state index in [4.69, 9.17) is 5.73 Å². The van der Waals surface area contributed by atoms with Crippen molar-refractivity contribution in [2.75, 3.05) is 25.1 Å². The molecule has 20 heavy (non-hydrogen) atoms. The maximum Gasteiger partial charge on any atom is 0.230 e. The number of para-hydroxylation sites is 1. The lowest BCUT2D eigenvalue weighted by molar-refractivity contribution is -0.115. The topological polar surface area (TPSA) is 71.2 Å². The molecule has 0 atom stereocenters. The first-order valence-electron chi connectivity index (χ1n) is 6.27. The van der Waals surface area contributed by atoms with Gasteiger partial charge in [-0.2, -0.15) is 0 Å². The Kier molecular flexibility index (Phi) is 4.70. The first-order valence-corrected chi connectivity index (χ1v) is 7.15. The average Bonchev–Trinajstić information content (AvgIpc) is 2.76. The Hall–Kier alpha value is -1.92. The predicted molar refractivity (Wildman–Crippen MR) is 82.7 cm³/mol. The number of aromatic nitrogens is 1. The lowest BCUT2D eigenvalue weighted by Crippen LogP contribution is -2.18. The molecule has 0 aliphatic heterocycles. The molecule has 1 aromatic heterocycles. The van der Waals surface area contributed by atoms with Gasteiger partial charge in [-0.3, -0.25) is 4.79 Å². The Balaban J connectivity index is 2.04. The van der Waals surface area contributed by atoms with E-state index in [1.54, 1.807) is 5.38 Å². The Morgan fingerprint density at radius 1 is 1.40 bits per heavy atom. The van der Waals surface area contributed by atoms with Crippen molar-refractivity contribution >= 4 is 28.1 Å². The van der Waals surface area contributed by atoms with Crippen molar-refractivity contribution in [3.8, 4) is 0 Å². The third-order valence-electron chi connectivity index (χ3n) is 2.69. The van der Waals surface area contributed by atoms with Gasteiger partial charge in [0.1, 0.15) is 0 Å². The highest BCUT2D eigenvalue weighted by atomic mass is 32.1. The van der Waals surface area contributed by atoms with Crippen molar-refractivity contribution in [2.45, 2.75) is 13.0 Å². The molecular formula is C14H18N4OS. The number of nitrogen functional groups attached to an aromatic ring is 1. The zero-order valence-corrected chi connectivity index (χ0v) is 12.4. The second kappa shape index (κ2) is 6.49. The van der Waals surface area contributed by atoms with Gasteiger partial charge in [-0.1, -0.05) is 18.2 Å². The smallest absolute Gasteiger partial charge is 0.230 e. The van der Waals surface area contributed by atoms with Gasteiger partial charge in [-0.05, 0) is 25.7 Å². The van der Waals surface area contributed by atoms with Gasteiger partial charge in [-0.25, -0.2) is 4.98 Å². The van der Waals surface area contributed by atoms with E-state index in [1.165, 1.54) is 11.3 Å². The molecule has 6 heteroatoms. The highest BCUT2D eigenvalue weighted by Crippen LogP contribution is 2.17. The van der Waals surface area contributed by atoms with Gasteiger partial charge in [-0.15, -0.1) is 11.3 Å². The maximum atomic E-state index is 12.0. The van der Waals surface area contributed by atoms with E-state index in [9.17, 15) is 4.79 Å². The van der Waals surface area contributed by atoms with Gasteiger partial charge in [0.25, 0.3) is 0 Å². The summed E-state index contributed by atoms with van der Waals surface area (Å²) in [6, 6.07) is 7.80. The molecule has 0 saturated carbocycles. The Labute approximate surface area is 122 Å². The zero-order valence-electron chi connectivity index (χ0n) is 11.6. The van der Waals surface area contributed by atoms with Crippen LogP contribution in [0.15, 0.2) is 29.6 Å². The lowest BCUT2D eigenvalue weighted by Gasteiger charge is -2.14. The summed E-state index contributed by atoms with van der Waals surface area (Å²) in [5, 5.41) is 5.22. The number of carbonyl (C=O) groups excluding carboxylic acids is 1. The van der Waals surface area contributed by atoms with E-state index >= 15 is 0 Å². The van der Waals surface area contributed by atoms with Crippen LogP contribution in [0.25, 0.3) is 0 Å². The molecule has 0 fully saturated rings. The highest BCUT2D eigenvalue weighted by molar-refractivity contribution is 7.13. The summed E-state index contributed by atoms with van der Waals surface area (Å²) in [5.41, 5.74) is 8.19. The average molecular weight is 290 g/mol. The van der Waals surface area contributed by atoms with E-state index < -0.39 is 0 Å². The van der Waals surface area contributed by atoms with Crippen LogP contribution in [0.5, 0.6) is 0 Å². The first-order chi connectivity index (χ1) is 9.54. The Morgan fingerprint density at radius 2 is 2.15 bits per heavy atom. The van der Waals surface area contributed by atoms with Crippen molar-refractivity contribution < 1.29 is 4.79 Å². The van der Waals surface area contributed by atoms with Crippen LogP contribution in [0.1, 0.15) is 11.3 Å². The molecule has 1 amide bonds. The van der Waals surface area contributed by atoms with Crippen molar-refractivity contribution in [2.24, 2.45) is 0 Å². The predicted octanol–water partition coefficient (Wildman–Crippen LogP) is 1.97. The Morgan fingerprint density at radius 3 is 2.80 bits per heavy atom. The lowest BCUT2D eigenvalue weighted by atomic mass is 10.1. The van der Waals surface area contributed by atoms with E-state index in [2.05, 4.69) is 15.2 Å². The fraction of sp³-hybridized carbons (Fsp3) is 0.286. The van der Waals surface area contributed by atoms with Crippen molar-refractivity contribution in [3.05, 3.63) is 40.9 Å². The number of benzene rings is 1. The number of hydrogen-bond donors (Lipinski definition) is 2. The van der Waals surface area contributed by atoms with Crippen LogP contribution in [-0.2, 0) is 17.8 Å². The zero-order chi connectivity index (χ0) is 14.5. The molecular weight excluding hydrogens is 272 g/mol. The molecule has 3 N–H and O–H groups in total. The number of amides is 1. The summed E-state index contributed by atoms with van der Waals surface area (Å²) in [6.07, 6.45) is 0.240. The molecule has 0 spiro atoms. The quantitative estimate of drug-likeness (QED) is 0.883. The summed E-state index contributed by atoms with van der Waals surface area (Å²) in [7, 11) is 3.99. The molecule has 0 aliphatic rings. The number of rotatable bonds is 5. The summed E-state index contributed by atoms with van der Waals surface area (Å²) >= 11 is 1.34. The fourth-order valence-corrected chi connectivity index (χ4v) is 2.45. The minimum atomic E-state index is -0.0819. The number of thiazole rings is 1. The molecule has 2 aromatic rings. The molecule has 0 unspecified atom stereocenters. The van der Waals surface area contributed by atoms with Crippen molar-refractivity contribution in [1.82, 2.24) is 9.88 Å². The van der Waals surface area contributed by atoms with Crippen LogP contribution in [0, 0.1) is 0 Å². The standard InChI is InChI=1S/C14H18N4OS/c1-18(2)8-10-5-3-4-6-12(10)17-13(19)7-11-9-20-14(15)16-11/h3-6,9H,7-8H2,1-2H3,(H2,15,16)(H,17,19). The second-order valence-corrected chi connectivity index (χ2v) is 5.69. The van der Waals surface area contributed by atoms with E-state index in [-0.39, 0.29) is 12.3 Å².